The van der Waals surface area contributed by atoms with Gasteiger partial charge in [0.25, 0.3) is 5.91 Å². The van der Waals surface area contributed by atoms with E-state index in [1.165, 1.54) is 0 Å². The van der Waals surface area contributed by atoms with Gasteiger partial charge in [0.15, 0.2) is 0 Å². The zero-order valence-electron chi connectivity index (χ0n) is 15.6. The summed E-state index contributed by atoms with van der Waals surface area (Å²) in [6.07, 6.45) is 0. The lowest BCUT2D eigenvalue weighted by Gasteiger charge is -2.25. The van der Waals surface area contributed by atoms with Crippen molar-refractivity contribution in [1.82, 2.24) is 4.90 Å². The van der Waals surface area contributed by atoms with Gasteiger partial charge in [0.1, 0.15) is 17.1 Å². The minimum atomic E-state index is -0.128. The fraction of sp³-hybridized carbons (Fsp3) is 0.174. The average Bonchev–Trinajstić information content (AvgIpc) is 2.73. The van der Waals surface area contributed by atoms with E-state index in [2.05, 4.69) is 0 Å². The third-order valence-corrected chi connectivity index (χ3v) is 4.36. The summed E-state index contributed by atoms with van der Waals surface area (Å²) >= 11 is 0. The second kappa shape index (κ2) is 8.90. The van der Waals surface area contributed by atoms with Gasteiger partial charge in [-0.05, 0) is 23.3 Å². The van der Waals surface area contributed by atoms with E-state index in [1.807, 2.05) is 71.6 Å². The van der Waals surface area contributed by atoms with E-state index in [1.54, 1.807) is 26.4 Å². The van der Waals surface area contributed by atoms with Gasteiger partial charge in [0, 0.05) is 13.1 Å². The van der Waals surface area contributed by atoms with E-state index in [9.17, 15) is 4.79 Å². The minimum absolute atomic E-state index is 0.128. The van der Waals surface area contributed by atoms with Crippen LogP contribution in [-0.4, -0.2) is 25.0 Å². The Morgan fingerprint density at radius 2 is 1.15 bits per heavy atom. The van der Waals surface area contributed by atoms with E-state index in [0.29, 0.717) is 30.2 Å². The van der Waals surface area contributed by atoms with Crippen molar-refractivity contribution in [2.75, 3.05) is 14.2 Å². The summed E-state index contributed by atoms with van der Waals surface area (Å²) in [4.78, 5) is 15.3. The Labute approximate surface area is 160 Å². The molecule has 0 unspecified atom stereocenters. The predicted octanol–water partition coefficient (Wildman–Crippen LogP) is 4.55. The molecule has 0 spiro atoms. The molecule has 4 heteroatoms. The molecule has 0 N–H and O–H groups in total. The van der Waals surface area contributed by atoms with Gasteiger partial charge in [-0.25, -0.2) is 0 Å². The summed E-state index contributed by atoms with van der Waals surface area (Å²) in [6, 6.07) is 25.3. The van der Waals surface area contributed by atoms with Crippen molar-refractivity contribution in [2.24, 2.45) is 0 Å². The monoisotopic (exact) mass is 361 g/mol. The molecular weight excluding hydrogens is 338 g/mol. The Bertz CT molecular complexity index is 815. The first-order valence-electron chi connectivity index (χ1n) is 8.81. The van der Waals surface area contributed by atoms with Gasteiger partial charge < -0.3 is 14.4 Å². The molecule has 0 saturated carbocycles. The van der Waals surface area contributed by atoms with Crippen LogP contribution in [0.2, 0.25) is 0 Å². The van der Waals surface area contributed by atoms with Crippen LogP contribution in [0.5, 0.6) is 11.5 Å². The Morgan fingerprint density at radius 3 is 1.56 bits per heavy atom. The summed E-state index contributed by atoms with van der Waals surface area (Å²) in [7, 11) is 3.12. The maximum Gasteiger partial charge on any atom is 0.262 e. The van der Waals surface area contributed by atoms with Crippen LogP contribution in [0.4, 0.5) is 0 Å². The van der Waals surface area contributed by atoms with Crippen molar-refractivity contribution in [3.63, 3.8) is 0 Å². The molecule has 3 aromatic carbocycles. The number of hydrogen-bond acceptors (Lipinski definition) is 3. The van der Waals surface area contributed by atoms with Crippen molar-refractivity contribution >= 4 is 5.91 Å². The van der Waals surface area contributed by atoms with Crippen molar-refractivity contribution in [3.05, 3.63) is 95.6 Å². The van der Waals surface area contributed by atoms with Crippen LogP contribution in [0, 0.1) is 0 Å². The summed E-state index contributed by atoms with van der Waals surface area (Å²) in [5.74, 6) is 0.882. The fourth-order valence-corrected chi connectivity index (χ4v) is 3.03. The highest BCUT2D eigenvalue weighted by Crippen LogP contribution is 2.30. The maximum absolute atomic E-state index is 13.5. The third-order valence-electron chi connectivity index (χ3n) is 4.36. The second-order valence-corrected chi connectivity index (χ2v) is 6.17. The zero-order chi connectivity index (χ0) is 19.1. The molecule has 0 fully saturated rings. The minimum Gasteiger partial charge on any atom is -0.496 e. The molecule has 4 nitrogen and oxygen atoms in total. The van der Waals surface area contributed by atoms with Crippen LogP contribution >= 0.6 is 0 Å². The highest BCUT2D eigenvalue weighted by atomic mass is 16.5. The second-order valence-electron chi connectivity index (χ2n) is 6.17. The topological polar surface area (TPSA) is 38.8 Å². The normalized spacial score (nSPS) is 10.3. The van der Waals surface area contributed by atoms with Gasteiger partial charge >= 0.3 is 0 Å². The van der Waals surface area contributed by atoms with E-state index in [0.717, 1.165) is 11.1 Å². The van der Waals surface area contributed by atoms with Crippen LogP contribution in [-0.2, 0) is 13.1 Å². The molecule has 0 aromatic heterocycles. The number of benzene rings is 3. The van der Waals surface area contributed by atoms with E-state index < -0.39 is 0 Å². The Morgan fingerprint density at radius 1 is 0.704 bits per heavy atom. The summed E-state index contributed by atoms with van der Waals surface area (Å²) in [5.41, 5.74) is 2.57. The average molecular weight is 361 g/mol. The number of rotatable bonds is 7. The smallest absolute Gasteiger partial charge is 0.262 e. The van der Waals surface area contributed by atoms with Gasteiger partial charge in [0.2, 0.25) is 0 Å². The number of carbonyl (C=O) groups is 1. The SMILES string of the molecule is COc1cccc(OC)c1C(=O)N(Cc1ccccc1)Cc1ccccc1. The lowest BCUT2D eigenvalue weighted by Crippen LogP contribution is -2.30. The molecule has 3 rings (SSSR count). The molecule has 0 saturated heterocycles. The lowest BCUT2D eigenvalue weighted by atomic mass is 10.1. The molecule has 3 aromatic rings. The van der Waals surface area contributed by atoms with Crippen molar-refractivity contribution in [3.8, 4) is 11.5 Å². The first kappa shape index (κ1) is 18.5. The first-order chi connectivity index (χ1) is 13.2. The van der Waals surface area contributed by atoms with E-state index in [-0.39, 0.29) is 5.91 Å². The first-order valence-corrected chi connectivity index (χ1v) is 8.81. The Kier molecular flexibility index (Phi) is 6.10. The number of nitrogens with zero attached hydrogens (tertiary/aromatic N) is 1. The Hall–Kier alpha value is -3.27. The Balaban J connectivity index is 1.98. The lowest BCUT2D eigenvalue weighted by molar-refractivity contribution is 0.0723. The van der Waals surface area contributed by atoms with Crippen LogP contribution in [0.25, 0.3) is 0 Å². The highest BCUT2D eigenvalue weighted by molar-refractivity contribution is 5.99. The highest BCUT2D eigenvalue weighted by Gasteiger charge is 2.24. The van der Waals surface area contributed by atoms with Crippen LogP contribution < -0.4 is 9.47 Å². The molecule has 0 bridgehead atoms. The number of ether oxygens (including phenoxy) is 2. The summed E-state index contributed by atoms with van der Waals surface area (Å²) in [6.45, 7) is 0.992. The van der Waals surface area contributed by atoms with Gasteiger partial charge in [-0.1, -0.05) is 66.7 Å². The number of hydrogen-bond donors (Lipinski definition) is 0. The number of amides is 1. The standard InChI is InChI=1S/C23H23NO3/c1-26-20-14-9-15-21(27-2)22(20)23(25)24(16-18-10-5-3-6-11-18)17-19-12-7-4-8-13-19/h3-15H,16-17H2,1-2H3. The maximum atomic E-state index is 13.5. The molecule has 0 aliphatic heterocycles. The van der Waals surface area contributed by atoms with Crippen LogP contribution in [0.3, 0.4) is 0 Å². The summed E-state index contributed by atoms with van der Waals surface area (Å²) in [5, 5.41) is 0. The van der Waals surface area contributed by atoms with Crippen LogP contribution in [0.15, 0.2) is 78.9 Å². The number of carbonyl (C=O) groups excluding carboxylic acids is 1. The molecule has 138 valence electrons. The molecule has 1 amide bonds. The number of methoxy groups -OCH3 is 2. The van der Waals surface area contributed by atoms with Gasteiger partial charge in [-0.3, -0.25) is 4.79 Å². The molecule has 0 atom stereocenters. The predicted molar refractivity (Wildman–Crippen MR) is 106 cm³/mol. The molecule has 0 heterocycles. The summed E-state index contributed by atoms with van der Waals surface area (Å²) < 4.78 is 10.9. The van der Waals surface area contributed by atoms with Gasteiger partial charge in [-0.2, -0.15) is 0 Å². The van der Waals surface area contributed by atoms with Crippen molar-refractivity contribution < 1.29 is 14.3 Å². The van der Waals surface area contributed by atoms with Gasteiger partial charge in [-0.15, -0.1) is 0 Å². The van der Waals surface area contributed by atoms with E-state index >= 15 is 0 Å². The fourth-order valence-electron chi connectivity index (χ4n) is 3.03. The van der Waals surface area contributed by atoms with Crippen molar-refractivity contribution in [1.29, 1.82) is 0 Å². The molecule has 27 heavy (non-hydrogen) atoms. The zero-order valence-corrected chi connectivity index (χ0v) is 15.6. The largest absolute Gasteiger partial charge is 0.496 e. The van der Waals surface area contributed by atoms with E-state index in [4.69, 9.17) is 9.47 Å². The molecule has 0 aliphatic rings. The molecular formula is C23H23NO3. The quantitative estimate of drug-likeness (QED) is 0.620. The van der Waals surface area contributed by atoms with Gasteiger partial charge in [0.05, 0.1) is 14.2 Å². The molecule has 0 aliphatic carbocycles. The van der Waals surface area contributed by atoms with Crippen LogP contribution in [0.1, 0.15) is 21.5 Å². The van der Waals surface area contributed by atoms with Crippen molar-refractivity contribution in [2.45, 2.75) is 13.1 Å². The third kappa shape index (κ3) is 4.47. The molecule has 0 radical (unpaired) electrons.